The molecular formula is C18H17NO5. The fourth-order valence-corrected chi connectivity index (χ4v) is 2.19. The zero-order valence-electron chi connectivity index (χ0n) is 12.8. The van der Waals surface area contributed by atoms with Gasteiger partial charge in [0.05, 0.1) is 0 Å². The van der Waals surface area contributed by atoms with Crippen LogP contribution in [0.3, 0.4) is 0 Å². The molecule has 0 radical (unpaired) electrons. The maximum atomic E-state index is 12.4. The predicted molar refractivity (Wildman–Crippen MR) is 86.4 cm³/mol. The SMILES string of the molecule is N[C@](O)(C(=O)O)C(=O)CCc1cccc(C(=O)c2ccccc2)c1. The summed E-state index contributed by atoms with van der Waals surface area (Å²) in [6.45, 7) is 0. The first kappa shape index (κ1) is 17.5. The molecule has 124 valence electrons. The number of carbonyl (C=O) groups is 3. The smallest absolute Gasteiger partial charge is 0.359 e. The number of carboxylic acids is 1. The number of nitrogens with two attached hydrogens (primary N) is 1. The summed E-state index contributed by atoms with van der Waals surface area (Å²) >= 11 is 0. The lowest BCUT2D eigenvalue weighted by Gasteiger charge is -2.15. The van der Waals surface area contributed by atoms with Gasteiger partial charge in [0.2, 0.25) is 0 Å². The highest BCUT2D eigenvalue weighted by molar-refractivity contribution is 6.09. The summed E-state index contributed by atoms with van der Waals surface area (Å²) in [7, 11) is 0. The minimum Gasteiger partial charge on any atom is -0.478 e. The normalized spacial score (nSPS) is 13.1. The van der Waals surface area contributed by atoms with E-state index in [2.05, 4.69) is 0 Å². The summed E-state index contributed by atoms with van der Waals surface area (Å²) in [5.41, 5.74) is 3.87. The van der Waals surface area contributed by atoms with Gasteiger partial charge in [-0.25, -0.2) is 4.79 Å². The molecular weight excluding hydrogens is 310 g/mol. The third-order valence-corrected chi connectivity index (χ3v) is 3.62. The number of Topliss-reactive ketones (excluding diaryl/α,β-unsaturated/α-hetero) is 1. The van der Waals surface area contributed by atoms with Crippen molar-refractivity contribution >= 4 is 17.5 Å². The number of benzene rings is 2. The molecule has 0 aliphatic carbocycles. The first-order chi connectivity index (χ1) is 11.3. The largest absolute Gasteiger partial charge is 0.478 e. The first-order valence-corrected chi connectivity index (χ1v) is 7.29. The van der Waals surface area contributed by atoms with Crippen molar-refractivity contribution < 1.29 is 24.6 Å². The molecule has 0 aliphatic heterocycles. The van der Waals surface area contributed by atoms with Crippen LogP contribution in [-0.4, -0.2) is 33.5 Å². The van der Waals surface area contributed by atoms with Crippen LogP contribution >= 0.6 is 0 Å². The molecule has 0 aromatic heterocycles. The van der Waals surface area contributed by atoms with E-state index in [9.17, 15) is 19.5 Å². The van der Waals surface area contributed by atoms with Gasteiger partial charge in [0.1, 0.15) is 0 Å². The molecule has 0 unspecified atom stereocenters. The zero-order valence-corrected chi connectivity index (χ0v) is 12.8. The van der Waals surface area contributed by atoms with Gasteiger partial charge in [-0.1, -0.05) is 48.5 Å². The second kappa shape index (κ2) is 7.16. The molecule has 2 rings (SSSR count). The molecule has 2 aromatic carbocycles. The molecule has 0 amide bonds. The van der Waals surface area contributed by atoms with Crippen LogP contribution in [0, 0.1) is 0 Å². The number of hydrogen-bond donors (Lipinski definition) is 3. The van der Waals surface area contributed by atoms with Gasteiger partial charge in [-0.2, -0.15) is 0 Å². The Morgan fingerprint density at radius 3 is 2.21 bits per heavy atom. The van der Waals surface area contributed by atoms with Crippen molar-refractivity contribution in [3.63, 3.8) is 0 Å². The van der Waals surface area contributed by atoms with E-state index < -0.39 is 17.5 Å². The standard InChI is InChI=1S/C18H17NO5/c19-18(24,17(22)23)15(20)10-9-12-5-4-8-14(11-12)16(21)13-6-2-1-3-7-13/h1-8,11,24H,9-10,19H2,(H,22,23)/t18-/m1/s1. The minimum absolute atomic E-state index is 0.148. The molecule has 24 heavy (non-hydrogen) atoms. The second-order valence-corrected chi connectivity index (χ2v) is 5.39. The van der Waals surface area contributed by atoms with Gasteiger partial charge in [-0.15, -0.1) is 0 Å². The monoisotopic (exact) mass is 327 g/mol. The average molecular weight is 327 g/mol. The highest BCUT2D eigenvalue weighted by atomic mass is 16.4. The lowest BCUT2D eigenvalue weighted by Crippen LogP contribution is -2.54. The summed E-state index contributed by atoms with van der Waals surface area (Å²) in [5.74, 6) is -2.93. The molecule has 2 aromatic rings. The van der Waals surface area contributed by atoms with Crippen LogP contribution in [0.4, 0.5) is 0 Å². The van der Waals surface area contributed by atoms with Gasteiger partial charge in [0.25, 0.3) is 5.72 Å². The Morgan fingerprint density at radius 1 is 0.958 bits per heavy atom. The van der Waals surface area contributed by atoms with Crippen molar-refractivity contribution in [2.45, 2.75) is 18.6 Å². The summed E-state index contributed by atoms with van der Waals surface area (Å²) in [5, 5.41) is 18.1. The molecule has 1 atom stereocenters. The van der Waals surface area contributed by atoms with Crippen molar-refractivity contribution in [3.8, 4) is 0 Å². The molecule has 6 heteroatoms. The number of rotatable bonds is 7. The van der Waals surface area contributed by atoms with Crippen LogP contribution in [0.1, 0.15) is 27.9 Å². The molecule has 0 saturated heterocycles. The Balaban J connectivity index is 2.10. The summed E-state index contributed by atoms with van der Waals surface area (Å²) in [6.07, 6.45) is -0.0795. The van der Waals surface area contributed by atoms with Gasteiger partial charge >= 0.3 is 5.97 Å². The van der Waals surface area contributed by atoms with E-state index in [1.165, 1.54) is 0 Å². The number of aryl methyl sites for hydroxylation is 1. The van der Waals surface area contributed by atoms with E-state index in [1.54, 1.807) is 48.5 Å². The van der Waals surface area contributed by atoms with E-state index >= 15 is 0 Å². The fraction of sp³-hybridized carbons (Fsp3) is 0.167. The molecule has 0 spiro atoms. The van der Waals surface area contributed by atoms with Gasteiger partial charge < -0.3 is 10.2 Å². The van der Waals surface area contributed by atoms with Crippen molar-refractivity contribution in [1.29, 1.82) is 0 Å². The molecule has 0 saturated carbocycles. The van der Waals surface area contributed by atoms with Crippen molar-refractivity contribution in [1.82, 2.24) is 0 Å². The van der Waals surface area contributed by atoms with Crippen molar-refractivity contribution in [2.24, 2.45) is 5.73 Å². The van der Waals surface area contributed by atoms with E-state index in [0.717, 1.165) is 0 Å². The number of aliphatic carboxylic acids is 1. The van der Waals surface area contributed by atoms with E-state index in [0.29, 0.717) is 16.7 Å². The third kappa shape index (κ3) is 3.92. The predicted octanol–water partition coefficient (Wildman–Crippen LogP) is 1.15. The van der Waals surface area contributed by atoms with Crippen LogP contribution in [0.2, 0.25) is 0 Å². The Labute approximate surface area is 138 Å². The third-order valence-electron chi connectivity index (χ3n) is 3.62. The number of ketones is 2. The summed E-state index contributed by atoms with van der Waals surface area (Å²) in [6, 6.07) is 15.5. The topological polar surface area (TPSA) is 118 Å². The van der Waals surface area contributed by atoms with E-state index in [1.807, 2.05) is 6.07 Å². The molecule has 0 heterocycles. The van der Waals surface area contributed by atoms with Gasteiger partial charge in [0.15, 0.2) is 11.6 Å². The number of hydrogen-bond acceptors (Lipinski definition) is 5. The van der Waals surface area contributed by atoms with Crippen LogP contribution in [0.25, 0.3) is 0 Å². The van der Waals surface area contributed by atoms with Crippen molar-refractivity contribution in [3.05, 3.63) is 71.3 Å². The Kier molecular flexibility index (Phi) is 5.23. The summed E-state index contributed by atoms with van der Waals surface area (Å²) in [4.78, 5) is 34.8. The van der Waals surface area contributed by atoms with Crippen LogP contribution in [-0.2, 0) is 16.0 Å². The number of carboxylic acid groups (broad SMARTS) is 1. The summed E-state index contributed by atoms with van der Waals surface area (Å²) < 4.78 is 0. The molecule has 0 fully saturated rings. The Hall–Kier alpha value is -2.83. The molecule has 0 bridgehead atoms. The van der Waals surface area contributed by atoms with Crippen LogP contribution in [0.5, 0.6) is 0 Å². The van der Waals surface area contributed by atoms with E-state index in [4.69, 9.17) is 10.8 Å². The number of aliphatic hydroxyl groups is 1. The van der Waals surface area contributed by atoms with Gasteiger partial charge in [-0.05, 0) is 18.1 Å². The minimum atomic E-state index is -2.89. The van der Waals surface area contributed by atoms with E-state index in [-0.39, 0.29) is 18.6 Å². The average Bonchev–Trinajstić information content (AvgIpc) is 2.59. The van der Waals surface area contributed by atoms with Crippen LogP contribution < -0.4 is 5.73 Å². The second-order valence-electron chi connectivity index (χ2n) is 5.39. The van der Waals surface area contributed by atoms with Gasteiger partial charge in [-0.3, -0.25) is 15.3 Å². The lowest BCUT2D eigenvalue weighted by molar-refractivity contribution is -0.164. The highest BCUT2D eigenvalue weighted by Gasteiger charge is 2.38. The zero-order chi connectivity index (χ0) is 17.7. The maximum absolute atomic E-state index is 12.4. The highest BCUT2D eigenvalue weighted by Crippen LogP contribution is 2.14. The molecule has 0 aliphatic rings. The molecule has 6 nitrogen and oxygen atoms in total. The maximum Gasteiger partial charge on any atom is 0.359 e. The Morgan fingerprint density at radius 2 is 1.58 bits per heavy atom. The Bertz CT molecular complexity index is 768. The lowest BCUT2D eigenvalue weighted by atomic mass is 9.97. The van der Waals surface area contributed by atoms with Crippen molar-refractivity contribution in [2.75, 3.05) is 0 Å². The fourth-order valence-electron chi connectivity index (χ4n) is 2.19. The first-order valence-electron chi connectivity index (χ1n) is 7.29. The number of carbonyl (C=O) groups excluding carboxylic acids is 2. The quantitative estimate of drug-likeness (QED) is 0.399. The molecule has 4 N–H and O–H groups in total. The van der Waals surface area contributed by atoms with Crippen LogP contribution in [0.15, 0.2) is 54.6 Å². The van der Waals surface area contributed by atoms with Gasteiger partial charge in [0, 0.05) is 17.5 Å².